The number of aliphatic hydroxyl groups excluding tert-OH is 1. The van der Waals surface area contributed by atoms with Crippen LogP contribution in [-0.4, -0.2) is 57.3 Å². The van der Waals surface area contributed by atoms with Gasteiger partial charge in [-0.2, -0.15) is 0 Å². The lowest BCUT2D eigenvalue weighted by Crippen LogP contribution is -2.41. The van der Waals surface area contributed by atoms with Gasteiger partial charge in [-0.05, 0) is 62.8 Å². The summed E-state index contributed by atoms with van der Waals surface area (Å²) in [5, 5.41) is 28.8. The van der Waals surface area contributed by atoms with Crippen molar-refractivity contribution in [2.75, 3.05) is 12.9 Å². The van der Waals surface area contributed by atoms with Crippen molar-refractivity contribution in [3.63, 3.8) is 0 Å². The van der Waals surface area contributed by atoms with Crippen LogP contribution in [0.4, 0.5) is 17.6 Å². The molecule has 33 heavy (non-hydrogen) atoms. The van der Waals surface area contributed by atoms with Gasteiger partial charge in [0.15, 0.2) is 23.3 Å². The molecule has 2 aromatic carbocycles. The number of hydrogen-bond acceptors (Lipinski definition) is 4. The topological polar surface area (TPSA) is 81.0 Å². The zero-order valence-corrected chi connectivity index (χ0v) is 19.7. The van der Waals surface area contributed by atoms with Gasteiger partial charge in [-0.15, -0.1) is 0 Å². The van der Waals surface area contributed by atoms with Crippen LogP contribution < -0.4 is 0 Å². The summed E-state index contributed by atoms with van der Waals surface area (Å²) in [5.74, 6) is -5.27. The largest absolute Gasteiger partial charge is 0.479 e. The van der Waals surface area contributed by atoms with Crippen LogP contribution >= 0.6 is 15.9 Å². The molecule has 2 heterocycles. The van der Waals surface area contributed by atoms with Crippen molar-refractivity contribution in [2.24, 2.45) is 0 Å². The highest BCUT2D eigenvalue weighted by atomic mass is 79.9. The van der Waals surface area contributed by atoms with Gasteiger partial charge < -0.3 is 20.2 Å². The Morgan fingerprint density at radius 2 is 1.30 bits per heavy atom. The summed E-state index contributed by atoms with van der Waals surface area (Å²) in [5.41, 5.74) is -3.90. The summed E-state index contributed by atoms with van der Waals surface area (Å²) >= 11 is 2.94. The van der Waals surface area contributed by atoms with E-state index in [0.717, 1.165) is 25.0 Å². The molecule has 0 spiro atoms. The molecule has 5 nitrogen and oxygen atoms in total. The van der Waals surface area contributed by atoms with Gasteiger partial charge in [0.25, 0.3) is 0 Å². The fourth-order valence-electron chi connectivity index (χ4n) is 4.24. The van der Waals surface area contributed by atoms with Gasteiger partial charge in [-0.3, -0.25) is 0 Å². The third kappa shape index (κ3) is 5.92. The number of carbonyl (C=O) groups is 1. The van der Waals surface area contributed by atoms with Crippen molar-refractivity contribution in [2.45, 2.75) is 49.5 Å². The first kappa shape index (κ1) is 27.2. The monoisotopic (exact) mass is 535 g/mol. The zero-order valence-electron chi connectivity index (χ0n) is 18.1. The van der Waals surface area contributed by atoms with Gasteiger partial charge >= 0.3 is 5.97 Å². The molecular weight excluding hydrogens is 510 g/mol. The van der Waals surface area contributed by atoms with Crippen LogP contribution in [0, 0.1) is 23.3 Å². The molecule has 1 unspecified atom stereocenters. The molecule has 4 rings (SSSR count). The number of benzene rings is 2. The number of carboxylic acid groups (broad SMARTS) is 1. The molecule has 2 saturated heterocycles. The first-order valence-corrected chi connectivity index (χ1v) is 11.8. The number of piperidine rings is 1. The Kier molecular flexibility index (Phi) is 9.42. The van der Waals surface area contributed by atoms with Crippen LogP contribution in [0.1, 0.15) is 36.8 Å². The van der Waals surface area contributed by atoms with Crippen molar-refractivity contribution >= 4 is 21.9 Å². The third-order valence-corrected chi connectivity index (χ3v) is 6.06. The van der Waals surface area contributed by atoms with Crippen molar-refractivity contribution in [1.82, 2.24) is 4.90 Å². The van der Waals surface area contributed by atoms with Gasteiger partial charge in [-0.25, -0.2) is 22.4 Å². The Labute approximate surface area is 197 Å². The van der Waals surface area contributed by atoms with E-state index >= 15 is 0 Å². The summed E-state index contributed by atoms with van der Waals surface area (Å²) in [6.45, 7) is 0. The maximum Gasteiger partial charge on any atom is 0.345 e. The number of alkyl halides is 1. The van der Waals surface area contributed by atoms with Crippen LogP contribution in [0.3, 0.4) is 0 Å². The molecule has 2 aliphatic rings. The second-order valence-electron chi connectivity index (χ2n) is 7.95. The van der Waals surface area contributed by atoms with E-state index in [1.54, 1.807) is 0 Å². The molecule has 2 aliphatic heterocycles. The number of halogens is 5. The quantitative estimate of drug-likeness (QED) is 0.406. The smallest absolute Gasteiger partial charge is 0.345 e. The molecular formula is C23H26BrF4NO4. The lowest BCUT2D eigenvalue weighted by molar-refractivity contribution is -0.155. The van der Waals surface area contributed by atoms with Crippen molar-refractivity contribution < 1.29 is 37.7 Å². The SMILES string of the molecule is CBr.CN1[C@@H]2CC[C@H]1CC(O)C2.O=C(O)C(O)(c1ccc(F)c(F)c1)c1ccc(F)c(F)c1. The third-order valence-electron chi connectivity index (χ3n) is 6.06. The van der Waals surface area contributed by atoms with E-state index in [1.165, 1.54) is 12.8 Å². The van der Waals surface area contributed by atoms with Crippen molar-refractivity contribution in [1.29, 1.82) is 0 Å². The van der Waals surface area contributed by atoms with Crippen LogP contribution in [0.25, 0.3) is 0 Å². The highest BCUT2D eigenvalue weighted by Gasteiger charge is 2.41. The zero-order chi connectivity index (χ0) is 24.9. The molecule has 0 aliphatic carbocycles. The number of carboxylic acids is 1. The number of nitrogens with zero attached hydrogens (tertiary/aromatic N) is 1. The van der Waals surface area contributed by atoms with Gasteiger partial charge in [-0.1, -0.05) is 28.1 Å². The molecule has 2 bridgehead atoms. The average molecular weight is 536 g/mol. The maximum atomic E-state index is 13.2. The number of aliphatic carboxylic acids is 1. The fraction of sp³-hybridized carbons (Fsp3) is 0.435. The molecule has 3 N–H and O–H groups in total. The standard InChI is InChI=1S/C14H8F4O3.C8H15NO.CH3Br/c15-9-3-1-7(5-11(9)17)14(21,13(19)20)8-2-4-10(16)12(18)6-8;1-9-6-2-3-7(9)5-8(10)4-6;1-2/h1-6,21H,(H,19,20);6-8,10H,2-5H2,1H3;1H3/t;6-,7+,8?;. The first-order valence-electron chi connectivity index (χ1n) is 10.2. The van der Waals surface area contributed by atoms with E-state index in [9.17, 15) is 37.7 Å². The van der Waals surface area contributed by atoms with Gasteiger partial charge in [0.1, 0.15) is 0 Å². The van der Waals surface area contributed by atoms with Crippen molar-refractivity contribution in [3.8, 4) is 0 Å². The molecule has 2 aromatic rings. The normalized spacial score (nSPS) is 22.0. The molecule has 0 saturated carbocycles. The van der Waals surface area contributed by atoms with Crippen LogP contribution in [0.2, 0.25) is 0 Å². The van der Waals surface area contributed by atoms with Crippen LogP contribution in [-0.2, 0) is 10.4 Å². The van der Waals surface area contributed by atoms with E-state index in [4.69, 9.17) is 0 Å². The Balaban J connectivity index is 0.000000266. The Morgan fingerprint density at radius 1 is 0.909 bits per heavy atom. The van der Waals surface area contributed by atoms with Gasteiger partial charge in [0.2, 0.25) is 5.60 Å². The van der Waals surface area contributed by atoms with E-state index in [0.29, 0.717) is 36.3 Å². The molecule has 0 aromatic heterocycles. The number of fused-ring (bicyclic) bond motifs is 2. The van der Waals surface area contributed by atoms with E-state index in [-0.39, 0.29) is 6.10 Å². The predicted molar refractivity (Wildman–Crippen MR) is 118 cm³/mol. The fourth-order valence-corrected chi connectivity index (χ4v) is 4.24. The molecule has 0 radical (unpaired) electrons. The number of rotatable bonds is 3. The summed E-state index contributed by atoms with van der Waals surface area (Å²) in [6.07, 6.45) is 4.62. The number of aliphatic hydroxyl groups is 2. The molecule has 10 heteroatoms. The van der Waals surface area contributed by atoms with Gasteiger partial charge in [0.05, 0.1) is 6.10 Å². The van der Waals surface area contributed by atoms with E-state index in [1.807, 2.05) is 5.83 Å². The Hall–Kier alpha value is -2.01. The summed E-state index contributed by atoms with van der Waals surface area (Å²) in [4.78, 5) is 13.8. The molecule has 0 amide bonds. The minimum absolute atomic E-state index is 0.00583. The highest BCUT2D eigenvalue weighted by molar-refractivity contribution is 9.08. The summed E-state index contributed by atoms with van der Waals surface area (Å²) in [6, 6.07) is 5.26. The average Bonchev–Trinajstić information content (AvgIpc) is 2.99. The molecule has 182 valence electrons. The van der Waals surface area contributed by atoms with E-state index < -0.39 is 46.0 Å². The van der Waals surface area contributed by atoms with Crippen LogP contribution in [0.15, 0.2) is 36.4 Å². The lowest BCUT2D eigenvalue weighted by Gasteiger charge is -2.33. The summed E-state index contributed by atoms with van der Waals surface area (Å²) < 4.78 is 52.2. The molecule has 3 atom stereocenters. The first-order chi connectivity index (χ1) is 15.5. The minimum Gasteiger partial charge on any atom is -0.479 e. The van der Waals surface area contributed by atoms with Crippen molar-refractivity contribution in [3.05, 3.63) is 70.8 Å². The Morgan fingerprint density at radius 3 is 1.64 bits per heavy atom. The predicted octanol–water partition coefficient (Wildman–Crippen LogP) is 4.18. The Bertz CT molecular complexity index is 912. The van der Waals surface area contributed by atoms with E-state index in [2.05, 4.69) is 27.9 Å². The number of hydrogen-bond donors (Lipinski definition) is 3. The second-order valence-corrected chi connectivity index (χ2v) is 7.95. The highest BCUT2D eigenvalue weighted by Crippen LogP contribution is 2.34. The second kappa shape index (κ2) is 11.4. The van der Waals surface area contributed by atoms with Crippen LogP contribution in [0.5, 0.6) is 0 Å². The maximum absolute atomic E-state index is 13.2. The minimum atomic E-state index is -2.84. The van der Waals surface area contributed by atoms with Gasteiger partial charge in [0, 0.05) is 23.2 Å². The lowest BCUT2D eigenvalue weighted by atomic mass is 9.86. The molecule has 2 fully saturated rings. The summed E-state index contributed by atoms with van der Waals surface area (Å²) in [7, 11) is 2.19.